The van der Waals surface area contributed by atoms with E-state index in [9.17, 15) is 4.39 Å². The molecule has 0 aliphatic carbocycles. The third-order valence-electron chi connectivity index (χ3n) is 3.19. The molecule has 1 N–H and O–H groups in total. The number of anilines is 1. The van der Waals surface area contributed by atoms with Crippen LogP contribution in [0.2, 0.25) is 5.15 Å². The molecule has 3 nitrogen and oxygen atoms in total. The summed E-state index contributed by atoms with van der Waals surface area (Å²) in [5.41, 5.74) is 2.92. The zero-order valence-corrected chi connectivity index (χ0v) is 12.6. The van der Waals surface area contributed by atoms with Crippen LogP contribution in [0.4, 0.5) is 10.2 Å². The summed E-state index contributed by atoms with van der Waals surface area (Å²) in [5, 5.41) is 3.73. The Balaban J connectivity index is 2.03. The lowest BCUT2D eigenvalue weighted by atomic mass is 10.1. The molecule has 1 heterocycles. The maximum atomic E-state index is 13.0. The fourth-order valence-electron chi connectivity index (χ4n) is 2.02. The van der Waals surface area contributed by atoms with Crippen molar-refractivity contribution in [2.24, 2.45) is 0 Å². The summed E-state index contributed by atoms with van der Waals surface area (Å²) in [5.74, 6) is 1.19. The predicted octanol–water partition coefficient (Wildman–Crippen LogP) is 3.85. The Morgan fingerprint density at radius 1 is 1.20 bits per heavy atom. The quantitative estimate of drug-likeness (QED) is 0.870. The summed E-state index contributed by atoms with van der Waals surface area (Å²) < 4.78 is 13.0. The summed E-state index contributed by atoms with van der Waals surface area (Å²) in [6.07, 6.45) is 0.798. The van der Waals surface area contributed by atoms with Crippen LogP contribution in [0.3, 0.4) is 0 Å². The average molecular weight is 294 g/mol. The first kappa shape index (κ1) is 14.7. The molecule has 0 amide bonds. The number of nitrogens with one attached hydrogen (secondary N) is 1. The minimum absolute atomic E-state index is 0.201. The van der Waals surface area contributed by atoms with Gasteiger partial charge in [-0.1, -0.05) is 17.7 Å². The molecule has 0 bridgehead atoms. The molecule has 1 aromatic heterocycles. The molecular formula is C15H17ClFN3. The minimum atomic E-state index is -0.201. The van der Waals surface area contributed by atoms with Crippen LogP contribution in [0.15, 0.2) is 18.2 Å². The van der Waals surface area contributed by atoms with Gasteiger partial charge in [0.15, 0.2) is 0 Å². The molecule has 0 spiro atoms. The SMILES string of the molecule is Cc1nc(Cl)c(C)c(NCCc2ccc(F)cc2C)n1. The van der Waals surface area contributed by atoms with Gasteiger partial charge in [0.2, 0.25) is 0 Å². The van der Waals surface area contributed by atoms with Crippen molar-refractivity contribution in [3.05, 3.63) is 51.7 Å². The van der Waals surface area contributed by atoms with Gasteiger partial charge in [0.05, 0.1) is 0 Å². The lowest BCUT2D eigenvalue weighted by molar-refractivity contribution is 0.625. The maximum absolute atomic E-state index is 13.0. The number of aromatic nitrogens is 2. The number of hydrogen-bond donors (Lipinski definition) is 1. The van der Waals surface area contributed by atoms with Crippen LogP contribution in [-0.2, 0) is 6.42 Å². The van der Waals surface area contributed by atoms with Crippen LogP contribution in [0.1, 0.15) is 22.5 Å². The van der Waals surface area contributed by atoms with Crippen molar-refractivity contribution in [1.82, 2.24) is 9.97 Å². The van der Waals surface area contributed by atoms with Crippen LogP contribution in [0, 0.1) is 26.6 Å². The molecule has 0 unspecified atom stereocenters. The summed E-state index contributed by atoms with van der Waals surface area (Å²) in [7, 11) is 0. The molecule has 0 aliphatic rings. The number of aryl methyl sites for hydroxylation is 2. The van der Waals surface area contributed by atoms with E-state index in [-0.39, 0.29) is 5.82 Å². The van der Waals surface area contributed by atoms with Gasteiger partial charge in [-0.2, -0.15) is 0 Å². The molecule has 2 rings (SSSR count). The van der Waals surface area contributed by atoms with Crippen LogP contribution in [0.5, 0.6) is 0 Å². The molecular weight excluding hydrogens is 277 g/mol. The molecule has 5 heteroatoms. The highest BCUT2D eigenvalue weighted by atomic mass is 35.5. The predicted molar refractivity (Wildman–Crippen MR) is 79.8 cm³/mol. The standard InChI is InChI=1S/C15H17ClFN3/c1-9-8-13(17)5-4-12(9)6-7-18-15-10(2)14(16)19-11(3)20-15/h4-5,8H,6-7H2,1-3H3,(H,18,19,20). The zero-order chi connectivity index (χ0) is 14.7. The van der Waals surface area contributed by atoms with E-state index in [1.807, 2.05) is 19.9 Å². The number of rotatable bonds is 4. The fourth-order valence-corrected chi connectivity index (χ4v) is 2.23. The highest BCUT2D eigenvalue weighted by molar-refractivity contribution is 6.30. The normalized spacial score (nSPS) is 10.7. The number of hydrogen-bond acceptors (Lipinski definition) is 3. The largest absolute Gasteiger partial charge is 0.369 e. The number of halogens is 2. The Bertz CT molecular complexity index is 629. The van der Waals surface area contributed by atoms with Gasteiger partial charge in [-0.15, -0.1) is 0 Å². The first-order chi connectivity index (χ1) is 9.47. The van der Waals surface area contributed by atoms with Gasteiger partial charge in [0.25, 0.3) is 0 Å². The van der Waals surface area contributed by atoms with Crippen molar-refractivity contribution in [3.63, 3.8) is 0 Å². The first-order valence-corrected chi connectivity index (χ1v) is 6.85. The van der Waals surface area contributed by atoms with Gasteiger partial charge in [0, 0.05) is 12.1 Å². The van der Waals surface area contributed by atoms with Crippen molar-refractivity contribution in [2.45, 2.75) is 27.2 Å². The van der Waals surface area contributed by atoms with E-state index in [0.717, 1.165) is 28.9 Å². The van der Waals surface area contributed by atoms with Gasteiger partial charge in [-0.3, -0.25) is 0 Å². The third kappa shape index (κ3) is 3.45. The van der Waals surface area contributed by atoms with Gasteiger partial charge in [-0.25, -0.2) is 14.4 Å². The zero-order valence-electron chi connectivity index (χ0n) is 11.8. The minimum Gasteiger partial charge on any atom is -0.369 e. The number of nitrogens with zero attached hydrogens (tertiary/aromatic N) is 2. The molecule has 0 radical (unpaired) electrons. The third-order valence-corrected chi connectivity index (χ3v) is 3.56. The second-order valence-electron chi connectivity index (χ2n) is 4.78. The van der Waals surface area contributed by atoms with Gasteiger partial charge in [0.1, 0.15) is 22.6 Å². The molecule has 0 saturated carbocycles. The summed E-state index contributed by atoms with van der Waals surface area (Å²) in [6, 6.07) is 4.85. The van der Waals surface area contributed by atoms with Crippen molar-refractivity contribution in [2.75, 3.05) is 11.9 Å². The van der Waals surface area contributed by atoms with Gasteiger partial charge in [-0.05, 0) is 50.5 Å². The van der Waals surface area contributed by atoms with Crippen molar-refractivity contribution in [1.29, 1.82) is 0 Å². The topological polar surface area (TPSA) is 37.8 Å². The van der Waals surface area contributed by atoms with Crippen LogP contribution >= 0.6 is 11.6 Å². The van der Waals surface area contributed by atoms with Crippen LogP contribution in [0.25, 0.3) is 0 Å². The van der Waals surface area contributed by atoms with E-state index in [1.165, 1.54) is 6.07 Å². The molecule has 20 heavy (non-hydrogen) atoms. The van der Waals surface area contributed by atoms with Crippen molar-refractivity contribution in [3.8, 4) is 0 Å². The Labute approximate surface area is 123 Å². The Kier molecular flexibility index (Phi) is 4.55. The van der Waals surface area contributed by atoms with Crippen LogP contribution < -0.4 is 5.32 Å². The molecule has 0 aliphatic heterocycles. The monoisotopic (exact) mass is 293 g/mol. The second kappa shape index (κ2) is 6.18. The molecule has 2 aromatic rings. The highest BCUT2D eigenvalue weighted by Crippen LogP contribution is 2.19. The smallest absolute Gasteiger partial charge is 0.137 e. The Morgan fingerprint density at radius 2 is 1.95 bits per heavy atom. The molecule has 106 valence electrons. The van der Waals surface area contributed by atoms with Gasteiger partial charge >= 0.3 is 0 Å². The summed E-state index contributed by atoms with van der Waals surface area (Å²) in [4.78, 5) is 8.43. The molecule has 0 fully saturated rings. The van der Waals surface area contributed by atoms with E-state index < -0.39 is 0 Å². The summed E-state index contributed by atoms with van der Waals surface area (Å²) >= 11 is 6.02. The van der Waals surface area contributed by atoms with E-state index in [0.29, 0.717) is 17.5 Å². The lowest BCUT2D eigenvalue weighted by Gasteiger charge is -2.11. The lowest BCUT2D eigenvalue weighted by Crippen LogP contribution is -2.10. The first-order valence-electron chi connectivity index (χ1n) is 6.47. The summed E-state index contributed by atoms with van der Waals surface area (Å²) in [6.45, 7) is 6.31. The maximum Gasteiger partial charge on any atom is 0.137 e. The van der Waals surface area contributed by atoms with Gasteiger partial charge < -0.3 is 5.32 Å². The average Bonchev–Trinajstić information content (AvgIpc) is 2.37. The van der Waals surface area contributed by atoms with E-state index in [4.69, 9.17) is 11.6 Å². The second-order valence-corrected chi connectivity index (χ2v) is 5.14. The van der Waals surface area contributed by atoms with Crippen molar-refractivity contribution < 1.29 is 4.39 Å². The molecule has 0 atom stereocenters. The number of benzene rings is 1. The molecule has 1 aromatic carbocycles. The Hall–Kier alpha value is -1.68. The van der Waals surface area contributed by atoms with E-state index in [2.05, 4.69) is 15.3 Å². The van der Waals surface area contributed by atoms with E-state index in [1.54, 1.807) is 13.0 Å². The van der Waals surface area contributed by atoms with Crippen molar-refractivity contribution >= 4 is 17.4 Å². The fraction of sp³-hybridized carbons (Fsp3) is 0.333. The van der Waals surface area contributed by atoms with Crippen LogP contribution in [-0.4, -0.2) is 16.5 Å². The highest BCUT2D eigenvalue weighted by Gasteiger charge is 2.07. The Morgan fingerprint density at radius 3 is 2.65 bits per heavy atom. The molecule has 0 saturated heterocycles. The van der Waals surface area contributed by atoms with E-state index >= 15 is 0 Å².